The fraction of sp³-hybridized carbons (Fsp3) is 0.333. The lowest BCUT2D eigenvalue weighted by molar-refractivity contribution is 0.210. The van der Waals surface area contributed by atoms with Crippen molar-refractivity contribution in [3.05, 3.63) is 42.4 Å². The highest BCUT2D eigenvalue weighted by Crippen LogP contribution is 2.34. The molecule has 0 amide bonds. The van der Waals surface area contributed by atoms with Gasteiger partial charge in [0.05, 0.1) is 17.9 Å². The molecule has 3 heteroatoms. The van der Waals surface area contributed by atoms with Crippen LogP contribution in [0.4, 0.5) is 4.39 Å². The molecule has 1 saturated carbocycles. The minimum absolute atomic E-state index is 0.254. The van der Waals surface area contributed by atoms with Crippen LogP contribution in [0.5, 0.6) is 5.75 Å². The molecule has 0 radical (unpaired) electrons. The third kappa shape index (κ3) is 2.26. The molecule has 1 aliphatic rings. The Morgan fingerprint density at radius 2 is 2.00 bits per heavy atom. The number of hydrogen-bond donors (Lipinski definition) is 0. The van der Waals surface area contributed by atoms with Gasteiger partial charge in [-0.2, -0.15) is 0 Å². The fourth-order valence-electron chi connectivity index (χ4n) is 2.42. The summed E-state index contributed by atoms with van der Waals surface area (Å²) in [6.07, 6.45) is 6.41. The van der Waals surface area contributed by atoms with Gasteiger partial charge in [-0.3, -0.25) is 0 Å². The molecule has 1 aromatic heterocycles. The summed E-state index contributed by atoms with van der Waals surface area (Å²) in [4.78, 5) is 0. The quantitative estimate of drug-likeness (QED) is 0.800. The van der Waals surface area contributed by atoms with Crippen LogP contribution in [0, 0.1) is 5.82 Å². The Balaban J connectivity index is 1.92. The summed E-state index contributed by atoms with van der Waals surface area (Å²) in [5, 5.41) is 0. The summed E-state index contributed by atoms with van der Waals surface area (Å²) in [6.45, 7) is 0. The minimum atomic E-state index is -0.278. The first kappa shape index (κ1) is 11.3. The first-order valence-corrected chi connectivity index (χ1v) is 6.33. The number of ether oxygens (including phenoxy) is 1. The van der Waals surface area contributed by atoms with Crippen LogP contribution in [0.2, 0.25) is 0 Å². The van der Waals surface area contributed by atoms with Crippen molar-refractivity contribution in [1.29, 1.82) is 0 Å². The van der Waals surface area contributed by atoms with Gasteiger partial charge in [-0.1, -0.05) is 0 Å². The van der Waals surface area contributed by atoms with Crippen LogP contribution in [0.25, 0.3) is 11.3 Å². The Morgan fingerprint density at radius 1 is 1.17 bits per heavy atom. The van der Waals surface area contributed by atoms with Gasteiger partial charge in [-0.15, -0.1) is 0 Å². The van der Waals surface area contributed by atoms with Crippen molar-refractivity contribution in [1.82, 2.24) is 0 Å². The van der Waals surface area contributed by atoms with Gasteiger partial charge in [0.25, 0.3) is 0 Å². The van der Waals surface area contributed by atoms with E-state index >= 15 is 0 Å². The van der Waals surface area contributed by atoms with E-state index in [9.17, 15) is 4.39 Å². The number of hydrogen-bond acceptors (Lipinski definition) is 2. The Kier molecular flexibility index (Phi) is 3.05. The van der Waals surface area contributed by atoms with Gasteiger partial charge >= 0.3 is 0 Å². The minimum Gasteiger partial charge on any atom is -0.490 e. The van der Waals surface area contributed by atoms with E-state index in [0.29, 0.717) is 17.1 Å². The SMILES string of the molecule is Fc1ccc(OC2CCCC2)c(-c2ccco2)c1. The van der Waals surface area contributed by atoms with Crippen LogP contribution >= 0.6 is 0 Å². The molecule has 1 heterocycles. The molecule has 2 nitrogen and oxygen atoms in total. The zero-order chi connectivity index (χ0) is 12.4. The van der Waals surface area contributed by atoms with Gasteiger partial charge in [0.1, 0.15) is 17.3 Å². The highest BCUT2D eigenvalue weighted by molar-refractivity contribution is 5.65. The lowest BCUT2D eigenvalue weighted by atomic mass is 10.1. The molecule has 18 heavy (non-hydrogen) atoms. The predicted molar refractivity (Wildman–Crippen MR) is 67.0 cm³/mol. The van der Waals surface area contributed by atoms with Crippen LogP contribution in [0.3, 0.4) is 0 Å². The zero-order valence-electron chi connectivity index (χ0n) is 10.1. The van der Waals surface area contributed by atoms with Crippen molar-refractivity contribution in [3.8, 4) is 17.1 Å². The third-order valence-electron chi connectivity index (χ3n) is 3.32. The highest BCUT2D eigenvalue weighted by Gasteiger charge is 2.19. The molecule has 0 unspecified atom stereocenters. The monoisotopic (exact) mass is 246 g/mol. The first-order chi connectivity index (χ1) is 8.83. The molecule has 0 N–H and O–H groups in total. The lowest BCUT2D eigenvalue weighted by Crippen LogP contribution is -2.11. The topological polar surface area (TPSA) is 22.4 Å². The Bertz CT molecular complexity index is 513. The molecule has 1 fully saturated rings. The predicted octanol–water partition coefficient (Wildman–Crippen LogP) is 4.41. The van der Waals surface area contributed by atoms with E-state index in [-0.39, 0.29) is 11.9 Å². The molecule has 0 bridgehead atoms. The van der Waals surface area contributed by atoms with E-state index in [1.54, 1.807) is 18.4 Å². The number of benzene rings is 1. The van der Waals surface area contributed by atoms with Gasteiger partial charge in [0.15, 0.2) is 0 Å². The van der Waals surface area contributed by atoms with Crippen LogP contribution in [0.15, 0.2) is 41.0 Å². The standard InChI is InChI=1S/C15H15FO2/c16-11-7-8-15(18-12-4-1-2-5-12)13(10-11)14-6-3-9-17-14/h3,6-10,12H,1-2,4-5H2. The molecule has 0 atom stereocenters. The van der Waals surface area contributed by atoms with Gasteiger partial charge in [-0.05, 0) is 56.0 Å². The maximum Gasteiger partial charge on any atom is 0.137 e. The average Bonchev–Trinajstić information content (AvgIpc) is 3.04. The van der Waals surface area contributed by atoms with Crippen molar-refractivity contribution in [3.63, 3.8) is 0 Å². The molecule has 1 aromatic carbocycles. The van der Waals surface area contributed by atoms with E-state index < -0.39 is 0 Å². The molecule has 94 valence electrons. The molecule has 2 aromatic rings. The van der Waals surface area contributed by atoms with E-state index in [1.807, 2.05) is 6.07 Å². The summed E-state index contributed by atoms with van der Waals surface area (Å²) < 4.78 is 24.6. The number of furan rings is 1. The van der Waals surface area contributed by atoms with E-state index in [4.69, 9.17) is 9.15 Å². The molecule has 1 aliphatic carbocycles. The first-order valence-electron chi connectivity index (χ1n) is 6.33. The fourth-order valence-corrected chi connectivity index (χ4v) is 2.42. The normalized spacial score (nSPS) is 16.1. The second-order valence-corrected chi connectivity index (χ2v) is 4.64. The van der Waals surface area contributed by atoms with Crippen LogP contribution in [-0.4, -0.2) is 6.10 Å². The Morgan fingerprint density at radius 3 is 2.72 bits per heavy atom. The van der Waals surface area contributed by atoms with Gasteiger partial charge in [0, 0.05) is 0 Å². The average molecular weight is 246 g/mol. The summed E-state index contributed by atoms with van der Waals surface area (Å²) in [7, 11) is 0. The van der Waals surface area contributed by atoms with Gasteiger partial charge in [-0.25, -0.2) is 4.39 Å². The van der Waals surface area contributed by atoms with Crippen molar-refractivity contribution in [2.45, 2.75) is 31.8 Å². The summed E-state index contributed by atoms with van der Waals surface area (Å²) in [5.74, 6) is 1.07. The van der Waals surface area contributed by atoms with Crippen molar-refractivity contribution in [2.24, 2.45) is 0 Å². The van der Waals surface area contributed by atoms with Crippen LogP contribution < -0.4 is 4.74 Å². The Labute approximate surface area is 105 Å². The molecular formula is C15H15FO2. The molecule has 0 aliphatic heterocycles. The van der Waals surface area contributed by atoms with E-state index in [2.05, 4.69) is 0 Å². The zero-order valence-corrected chi connectivity index (χ0v) is 10.1. The lowest BCUT2D eigenvalue weighted by Gasteiger charge is -2.15. The van der Waals surface area contributed by atoms with Gasteiger partial charge in [0.2, 0.25) is 0 Å². The van der Waals surface area contributed by atoms with Crippen molar-refractivity contribution >= 4 is 0 Å². The Hall–Kier alpha value is -1.77. The molecule has 0 spiro atoms. The summed E-state index contributed by atoms with van der Waals surface area (Å²) in [6, 6.07) is 8.18. The van der Waals surface area contributed by atoms with Crippen LogP contribution in [-0.2, 0) is 0 Å². The summed E-state index contributed by atoms with van der Waals surface area (Å²) in [5.41, 5.74) is 0.687. The van der Waals surface area contributed by atoms with Crippen molar-refractivity contribution in [2.75, 3.05) is 0 Å². The second kappa shape index (κ2) is 4.84. The molecule has 3 rings (SSSR count). The maximum absolute atomic E-state index is 13.4. The molecule has 0 saturated heterocycles. The third-order valence-corrected chi connectivity index (χ3v) is 3.32. The largest absolute Gasteiger partial charge is 0.490 e. The highest BCUT2D eigenvalue weighted by atomic mass is 19.1. The number of halogens is 1. The van der Waals surface area contributed by atoms with E-state index in [1.165, 1.54) is 25.0 Å². The molecular weight excluding hydrogens is 231 g/mol. The number of rotatable bonds is 3. The maximum atomic E-state index is 13.4. The van der Waals surface area contributed by atoms with Crippen molar-refractivity contribution < 1.29 is 13.5 Å². The summed E-state index contributed by atoms with van der Waals surface area (Å²) >= 11 is 0. The van der Waals surface area contributed by atoms with Gasteiger partial charge < -0.3 is 9.15 Å². The second-order valence-electron chi connectivity index (χ2n) is 4.64. The smallest absolute Gasteiger partial charge is 0.137 e. The van der Waals surface area contributed by atoms with Crippen LogP contribution in [0.1, 0.15) is 25.7 Å². The van der Waals surface area contributed by atoms with E-state index in [0.717, 1.165) is 12.8 Å².